The summed E-state index contributed by atoms with van der Waals surface area (Å²) in [5.41, 5.74) is 0. The molecule has 0 aliphatic heterocycles. The molecule has 0 saturated carbocycles. The molecule has 0 spiro atoms. The molecule has 3 aromatic rings. The van der Waals surface area contributed by atoms with Crippen LogP contribution in [-0.2, 0) is 21.1 Å². The largest absolute Gasteiger partial charge is 0.828 e. The fraction of sp³-hybridized carbons (Fsp3) is 0. The monoisotopic (exact) mass is 413 g/mol. The summed E-state index contributed by atoms with van der Waals surface area (Å²) >= 11 is 0. The van der Waals surface area contributed by atoms with Gasteiger partial charge in [-0.3, -0.25) is 0 Å². The molecule has 2 aromatic carbocycles. The van der Waals surface area contributed by atoms with E-state index in [9.17, 15) is 0 Å². The summed E-state index contributed by atoms with van der Waals surface area (Å²) in [6.45, 7) is 7.62. The van der Waals surface area contributed by atoms with Gasteiger partial charge in [-0.15, -0.1) is 10.8 Å². The molecule has 18 heavy (non-hydrogen) atoms. The van der Waals surface area contributed by atoms with Gasteiger partial charge in [0.15, 0.2) is 0 Å². The van der Waals surface area contributed by atoms with Gasteiger partial charge >= 0.3 is 0 Å². The van der Waals surface area contributed by atoms with Crippen LogP contribution in [-0.4, -0.2) is 0 Å². The van der Waals surface area contributed by atoms with E-state index in [2.05, 4.69) is 43.1 Å². The summed E-state index contributed by atoms with van der Waals surface area (Å²) < 4.78 is 0. The third-order valence-electron chi connectivity index (χ3n) is 3.07. The summed E-state index contributed by atoms with van der Waals surface area (Å²) in [6, 6.07) is 12.7. The number of nitrogens with zero attached hydrogens (tertiary/aromatic N) is 1. The molecule has 0 bridgehead atoms. The average molecular weight is 413 g/mol. The Hall–Kier alpha value is -1.59. The molecule has 0 unspecified atom stereocenters. The number of benzene rings is 2. The van der Waals surface area contributed by atoms with E-state index >= 15 is 0 Å². The van der Waals surface area contributed by atoms with E-state index in [0.29, 0.717) is 0 Å². The molecule has 1 heterocycles. The number of hydrogen-bond acceptors (Lipinski definition) is 0. The van der Waals surface area contributed by atoms with Gasteiger partial charge in [0, 0.05) is 21.1 Å². The molecule has 3 rings (SSSR count). The maximum atomic E-state index is 4.51. The molecule has 0 fully saturated rings. The maximum absolute atomic E-state index is 4.51. The molecular weight excluding hydrogens is 401 g/mol. The van der Waals surface area contributed by atoms with Crippen LogP contribution in [0.5, 0.6) is 0 Å². The Bertz CT molecular complexity index is 745. The van der Waals surface area contributed by atoms with Crippen LogP contribution in [0, 0.1) is 13.8 Å². The first-order chi connectivity index (χ1) is 8.33. The first-order valence-electron chi connectivity index (χ1n) is 5.57. The van der Waals surface area contributed by atoms with Gasteiger partial charge in [0.05, 0.1) is 0 Å². The number of aromatic nitrogens is 1. The molecule has 0 radical (unpaired) electrons. The Morgan fingerprint density at radius 2 is 1.28 bits per heavy atom. The van der Waals surface area contributed by atoms with Crippen molar-refractivity contribution in [3.05, 3.63) is 60.9 Å². The quantitative estimate of drug-likeness (QED) is 0.516. The van der Waals surface area contributed by atoms with Crippen LogP contribution in [0.2, 0.25) is 0 Å². The fourth-order valence-corrected chi connectivity index (χ4v) is 2.23. The first kappa shape index (κ1) is 12.9. The molecule has 1 aromatic heterocycles. The van der Waals surface area contributed by atoms with Crippen LogP contribution in [0.4, 0.5) is 0 Å². The SMILES string of the molecule is [CH2-]C=c1[n-]c(=C[CH2-])c2cc3ccccc3cc12.[Pt]. The van der Waals surface area contributed by atoms with Crippen LogP contribution in [0.1, 0.15) is 0 Å². The summed E-state index contributed by atoms with van der Waals surface area (Å²) in [5.74, 6) is 0. The van der Waals surface area contributed by atoms with E-state index in [1.54, 1.807) is 12.2 Å². The zero-order valence-corrected chi connectivity index (χ0v) is 12.1. The van der Waals surface area contributed by atoms with E-state index < -0.39 is 0 Å². The Balaban J connectivity index is 0.00000120. The molecule has 94 valence electrons. The Morgan fingerprint density at radius 1 is 0.833 bits per heavy atom. The van der Waals surface area contributed by atoms with Gasteiger partial charge in [-0.05, 0) is 10.8 Å². The van der Waals surface area contributed by atoms with Gasteiger partial charge in [-0.1, -0.05) is 36.4 Å². The Labute approximate surface area is 120 Å². The van der Waals surface area contributed by atoms with Crippen LogP contribution in [0.3, 0.4) is 0 Å². The van der Waals surface area contributed by atoms with E-state index in [1.165, 1.54) is 10.8 Å². The molecule has 2 heteroatoms. The zero-order chi connectivity index (χ0) is 11.8. The zero-order valence-electron chi connectivity index (χ0n) is 9.80. The van der Waals surface area contributed by atoms with Gasteiger partial charge in [0.25, 0.3) is 0 Å². The second kappa shape index (κ2) is 4.95. The summed E-state index contributed by atoms with van der Waals surface area (Å²) in [4.78, 5) is 4.51. The summed E-state index contributed by atoms with van der Waals surface area (Å²) in [5, 5.41) is 6.61. The van der Waals surface area contributed by atoms with Gasteiger partial charge < -0.3 is 15.7 Å². The maximum Gasteiger partial charge on any atom is 0 e. The van der Waals surface area contributed by atoms with E-state index in [0.717, 1.165) is 21.5 Å². The van der Waals surface area contributed by atoms with Crippen LogP contribution >= 0.6 is 0 Å². The van der Waals surface area contributed by atoms with Gasteiger partial charge in [0.2, 0.25) is 0 Å². The number of hydrogen-bond donors (Lipinski definition) is 0. The standard InChI is InChI=1S/C16H12N.Pt/c1-3-15-13-9-11-7-5-6-8-12(11)10-14(13)16(4-2)17-15;/h3-10H,1-2H2;/q-3;. The van der Waals surface area contributed by atoms with Crippen molar-refractivity contribution in [2.75, 3.05) is 0 Å². The normalized spacial score (nSPS) is 13.1. The predicted molar refractivity (Wildman–Crippen MR) is 73.7 cm³/mol. The smallest absolute Gasteiger partial charge is 0 e. The molecule has 1 nitrogen and oxygen atoms in total. The fourth-order valence-electron chi connectivity index (χ4n) is 2.23. The van der Waals surface area contributed by atoms with E-state index in [-0.39, 0.29) is 21.1 Å². The molecule has 0 saturated heterocycles. The van der Waals surface area contributed by atoms with E-state index in [4.69, 9.17) is 0 Å². The molecule has 0 aliphatic rings. The second-order valence-corrected chi connectivity index (χ2v) is 4.04. The number of rotatable bonds is 0. The van der Waals surface area contributed by atoms with Crippen LogP contribution in [0.25, 0.3) is 33.7 Å². The van der Waals surface area contributed by atoms with Gasteiger partial charge in [-0.25, -0.2) is 26.0 Å². The average Bonchev–Trinajstić information content (AvgIpc) is 2.73. The van der Waals surface area contributed by atoms with Crippen molar-refractivity contribution in [1.29, 1.82) is 0 Å². The van der Waals surface area contributed by atoms with Gasteiger partial charge in [-0.2, -0.15) is 0 Å². The molecule has 0 amide bonds. The van der Waals surface area contributed by atoms with Crippen LogP contribution < -0.4 is 15.7 Å². The minimum absolute atomic E-state index is 0. The molecule has 0 atom stereocenters. The van der Waals surface area contributed by atoms with Crippen molar-refractivity contribution in [3.8, 4) is 0 Å². The van der Waals surface area contributed by atoms with Crippen molar-refractivity contribution < 1.29 is 21.1 Å². The molecule has 0 N–H and O–H groups in total. The minimum atomic E-state index is 0. The van der Waals surface area contributed by atoms with Crippen molar-refractivity contribution in [2.24, 2.45) is 0 Å². The Kier molecular flexibility index (Phi) is 3.54. The van der Waals surface area contributed by atoms with Gasteiger partial charge in [0.1, 0.15) is 0 Å². The molecule has 0 aliphatic carbocycles. The third kappa shape index (κ3) is 1.85. The van der Waals surface area contributed by atoms with E-state index in [1.807, 2.05) is 12.1 Å². The van der Waals surface area contributed by atoms with Crippen molar-refractivity contribution in [1.82, 2.24) is 4.98 Å². The number of fused-ring (bicyclic) bond motifs is 2. The summed E-state index contributed by atoms with van der Waals surface area (Å²) in [7, 11) is 0. The van der Waals surface area contributed by atoms with Crippen LogP contribution in [0.15, 0.2) is 36.4 Å². The predicted octanol–water partition coefficient (Wildman–Crippen LogP) is 2.18. The minimum Gasteiger partial charge on any atom is -0.828 e. The van der Waals surface area contributed by atoms with Crippen molar-refractivity contribution in [2.45, 2.75) is 0 Å². The third-order valence-corrected chi connectivity index (χ3v) is 3.07. The van der Waals surface area contributed by atoms with Crippen molar-refractivity contribution in [3.63, 3.8) is 0 Å². The first-order valence-corrected chi connectivity index (χ1v) is 5.57. The topological polar surface area (TPSA) is 14.1 Å². The second-order valence-electron chi connectivity index (χ2n) is 4.04. The Morgan fingerprint density at radius 3 is 1.67 bits per heavy atom. The molecular formula is C16H12NPt-3. The van der Waals surface area contributed by atoms with Crippen molar-refractivity contribution >= 4 is 33.7 Å². The summed E-state index contributed by atoms with van der Waals surface area (Å²) in [6.07, 6.45) is 3.59.